The fourth-order valence-electron chi connectivity index (χ4n) is 6.84. The molecule has 0 heterocycles. The Morgan fingerprint density at radius 2 is 1.67 bits per heavy atom. The van der Waals surface area contributed by atoms with E-state index in [1.807, 2.05) is 64.1 Å². The normalized spacial score (nSPS) is 21.1. The average Bonchev–Trinajstić information content (AvgIpc) is 3.80. The van der Waals surface area contributed by atoms with E-state index in [-0.39, 0.29) is 30.4 Å². The summed E-state index contributed by atoms with van der Waals surface area (Å²) in [6.45, 7) is 10.3. The Balaban J connectivity index is 1.43. The highest BCUT2D eigenvalue weighted by Crippen LogP contribution is 2.65. The molecule has 1 saturated carbocycles. The molecule has 1 aromatic carbocycles. The van der Waals surface area contributed by atoms with Crippen molar-refractivity contribution in [3.05, 3.63) is 69.8 Å². The molecule has 1 aromatic rings. The Morgan fingerprint density at radius 3 is 2.27 bits per heavy atom. The number of hydrogen-bond acceptors (Lipinski definition) is 8. The van der Waals surface area contributed by atoms with Gasteiger partial charge in [0.15, 0.2) is 5.78 Å². The molecule has 0 saturated heterocycles. The Kier molecular flexibility index (Phi) is 12.1. The number of fused-ring (bicyclic) bond motifs is 1. The van der Waals surface area contributed by atoms with Crippen LogP contribution in [-0.4, -0.2) is 82.6 Å². The number of aldehydes is 1. The predicted molar refractivity (Wildman–Crippen MR) is 188 cm³/mol. The lowest BCUT2D eigenvalue weighted by atomic mass is 9.67. The lowest BCUT2D eigenvalue weighted by molar-refractivity contribution is -0.137. The zero-order valence-corrected chi connectivity index (χ0v) is 29.9. The largest absolute Gasteiger partial charge is 0.381 e. The molecule has 1 fully saturated rings. The summed E-state index contributed by atoms with van der Waals surface area (Å²) in [5.41, 5.74) is 3.10. The lowest BCUT2D eigenvalue weighted by Gasteiger charge is -2.39. The first-order valence-electron chi connectivity index (χ1n) is 16.7. The molecule has 264 valence electrons. The molecule has 0 radical (unpaired) electrons. The summed E-state index contributed by atoms with van der Waals surface area (Å²) >= 11 is 1.42. The number of allylic oxidation sites excluding steroid dienone is 3. The molecule has 4 amide bonds. The highest BCUT2D eigenvalue weighted by molar-refractivity contribution is 7.99. The van der Waals surface area contributed by atoms with Crippen LogP contribution in [0.2, 0.25) is 0 Å². The highest BCUT2D eigenvalue weighted by atomic mass is 32.2. The summed E-state index contributed by atoms with van der Waals surface area (Å²) in [6, 6.07) is 6.39. The van der Waals surface area contributed by atoms with E-state index in [0.717, 1.165) is 40.7 Å². The van der Waals surface area contributed by atoms with Crippen molar-refractivity contribution in [2.75, 3.05) is 18.1 Å². The number of aliphatic hydroxyl groups is 1. The summed E-state index contributed by atoms with van der Waals surface area (Å²) in [4.78, 5) is 76.4. The van der Waals surface area contributed by atoms with Crippen LogP contribution in [-0.2, 0) is 35.2 Å². The van der Waals surface area contributed by atoms with Gasteiger partial charge >= 0.3 is 0 Å². The molecule has 0 aliphatic heterocycles. The fraction of sp³-hybridized carbons (Fsp3) is 0.514. The molecule has 49 heavy (non-hydrogen) atoms. The summed E-state index contributed by atoms with van der Waals surface area (Å²) < 4.78 is 0. The van der Waals surface area contributed by atoms with Crippen molar-refractivity contribution in [1.29, 1.82) is 0 Å². The minimum absolute atomic E-state index is 0.137. The second-order valence-corrected chi connectivity index (χ2v) is 14.9. The van der Waals surface area contributed by atoms with Crippen molar-refractivity contribution in [3.8, 4) is 0 Å². The smallest absolute Gasteiger partial charge is 0.244 e. The van der Waals surface area contributed by atoms with E-state index in [2.05, 4.69) is 21.3 Å². The van der Waals surface area contributed by atoms with Gasteiger partial charge < -0.3 is 31.2 Å². The third-order valence-corrected chi connectivity index (χ3v) is 10.7. The molecule has 3 aliphatic carbocycles. The van der Waals surface area contributed by atoms with Crippen molar-refractivity contribution in [2.24, 2.45) is 11.3 Å². The number of ketones is 1. The number of thioether (sulfide) groups is 1. The van der Waals surface area contributed by atoms with Crippen LogP contribution in [0.15, 0.2) is 64.3 Å². The molecular weight excluding hydrogens is 644 g/mol. The third-order valence-electron chi connectivity index (χ3n) is 9.67. The van der Waals surface area contributed by atoms with Crippen molar-refractivity contribution >= 4 is 47.5 Å². The van der Waals surface area contributed by atoms with E-state index < -0.39 is 52.8 Å². The Bertz CT molecular complexity index is 1590. The monoisotopic (exact) mass is 692 g/mol. The molecule has 11 nitrogen and oxygen atoms in total. The third kappa shape index (κ3) is 8.59. The minimum Gasteiger partial charge on any atom is -0.381 e. The second-order valence-electron chi connectivity index (χ2n) is 13.9. The average molecular weight is 693 g/mol. The number of hydrogen-bond donors (Lipinski definition) is 5. The van der Waals surface area contributed by atoms with Crippen molar-refractivity contribution in [1.82, 2.24) is 21.3 Å². The molecule has 0 aromatic heterocycles. The van der Waals surface area contributed by atoms with Gasteiger partial charge in [0.25, 0.3) is 0 Å². The minimum atomic E-state index is -1.44. The Hall–Kier alpha value is -4.03. The molecule has 4 atom stereocenters. The van der Waals surface area contributed by atoms with Crippen LogP contribution in [0.1, 0.15) is 66.4 Å². The van der Waals surface area contributed by atoms with Crippen molar-refractivity contribution in [2.45, 2.75) is 91.0 Å². The van der Waals surface area contributed by atoms with Gasteiger partial charge in [0.05, 0.1) is 12.6 Å². The quantitative estimate of drug-likeness (QED) is 0.165. The topological polar surface area (TPSA) is 171 Å². The molecule has 3 aliphatic rings. The number of benzene rings is 1. The molecule has 0 unspecified atom stereocenters. The van der Waals surface area contributed by atoms with E-state index in [4.69, 9.17) is 0 Å². The van der Waals surface area contributed by atoms with Crippen LogP contribution < -0.4 is 21.3 Å². The number of Topliss-reactive ketones (excluding diaryl/α,β-unsaturated/α-hetero) is 1. The predicted octanol–water partition coefficient (Wildman–Crippen LogP) is 2.48. The first-order chi connectivity index (χ1) is 23.1. The number of carbonyl (C=O) groups is 6. The van der Waals surface area contributed by atoms with E-state index in [9.17, 15) is 33.9 Å². The van der Waals surface area contributed by atoms with Crippen molar-refractivity contribution < 1.29 is 33.9 Å². The number of carbonyl (C=O) groups excluding carboxylic acids is 6. The van der Waals surface area contributed by atoms with Gasteiger partial charge in [0.1, 0.15) is 24.0 Å². The lowest BCUT2D eigenvalue weighted by Crippen LogP contribution is -2.56. The molecule has 5 N–H and O–H groups in total. The summed E-state index contributed by atoms with van der Waals surface area (Å²) in [7, 11) is 0. The van der Waals surface area contributed by atoms with Crippen LogP contribution in [0.5, 0.6) is 0 Å². The summed E-state index contributed by atoms with van der Waals surface area (Å²) in [6.07, 6.45) is 4.59. The molecule has 1 spiro atoms. The van der Waals surface area contributed by atoms with E-state index >= 15 is 0 Å². The van der Waals surface area contributed by atoms with Gasteiger partial charge in [-0.15, -0.1) is 0 Å². The van der Waals surface area contributed by atoms with Gasteiger partial charge in [-0.2, -0.15) is 11.8 Å². The van der Waals surface area contributed by atoms with Crippen LogP contribution in [0, 0.1) is 11.3 Å². The maximum Gasteiger partial charge on any atom is 0.244 e. The second kappa shape index (κ2) is 15.7. The van der Waals surface area contributed by atoms with Crippen LogP contribution in [0.25, 0.3) is 0 Å². The highest BCUT2D eigenvalue weighted by Gasteiger charge is 2.65. The summed E-state index contributed by atoms with van der Waals surface area (Å²) in [5, 5.41) is 21.8. The molecule has 4 rings (SSSR count). The zero-order valence-electron chi connectivity index (χ0n) is 29.1. The van der Waals surface area contributed by atoms with Gasteiger partial charge in [-0.3, -0.25) is 24.0 Å². The number of rotatable bonds is 16. The molecule has 12 heteroatoms. The number of amides is 4. The Morgan fingerprint density at radius 1 is 1.00 bits per heavy atom. The van der Waals surface area contributed by atoms with Crippen LogP contribution >= 0.6 is 11.8 Å². The standard InChI is InChI=1S/C37H48N4O7S/c1-21(2)14-26(18-42)40-31(44)17-38-34(46)29(16-25-10-8-7-9-11-25)41-35(47)30(39-24(5)43)20-49-19-28-22(3)15-27-32(28)23(4)37(12-13-37)36(6,48)33(27)45/h7-11,15,18,21,26,29-30,48H,12-14,16-17,19-20H2,1-6H3,(H,38,46)(H,39,43)(H,40,44)(H,41,47)/t26-,29-,30-,36-/m0/s1. The maximum atomic E-state index is 13.6. The van der Waals surface area contributed by atoms with E-state index in [0.29, 0.717) is 24.0 Å². The van der Waals surface area contributed by atoms with Gasteiger partial charge in [-0.05, 0) is 74.3 Å². The summed E-state index contributed by atoms with van der Waals surface area (Å²) in [5.74, 6) is -1.52. The van der Waals surface area contributed by atoms with Gasteiger partial charge in [0, 0.05) is 35.8 Å². The van der Waals surface area contributed by atoms with Gasteiger partial charge in [-0.1, -0.05) is 49.8 Å². The van der Waals surface area contributed by atoms with E-state index in [1.165, 1.54) is 18.7 Å². The van der Waals surface area contributed by atoms with Gasteiger partial charge in [0.2, 0.25) is 23.6 Å². The number of nitrogens with one attached hydrogen (secondary N) is 4. The van der Waals surface area contributed by atoms with Crippen LogP contribution in [0.4, 0.5) is 0 Å². The Labute approximate surface area is 292 Å². The fourth-order valence-corrected chi connectivity index (χ4v) is 8.01. The SMILES string of the molecule is CC(=O)N[C@@H](CSCC1=C(C)C=C2C(=O)[C@](C)(O)C3(CC3)C(C)=C21)C(=O)N[C@@H](Cc1ccccc1)C(=O)NCC(=O)N[C@H](C=O)CC(C)C. The maximum absolute atomic E-state index is 13.6. The zero-order chi connectivity index (χ0) is 36.1. The molecular formula is C37H48N4O7S. The van der Waals surface area contributed by atoms with E-state index in [1.54, 1.807) is 6.92 Å². The first-order valence-corrected chi connectivity index (χ1v) is 17.9. The molecule has 0 bridgehead atoms. The van der Waals surface area contributed by atoms with Crippen molar-refractivity contribution in [3.63, 3.8) is 0 Å². The first kappa shape index (κ1) is 37.8. The van der Waals surface area contributed by atoms with Crippen LogP contribution in [0.3, 0.4) is 0 Å². The van der Waals surface area contributed by atoms with Gasteiger partial charge in [-0.25, -0.2) is 0 Å².